The van der Waals surface area contributed by atoms with Crippen molar-refractivity contribution < 1.29 is 4.79 Å². The lowest BCUT2D eigenvalue weighted by atomic mass is 10.1. The smallest absolute Gasteiger partial charge is 0.221 e. The second-order valence-electron chi connectivity index (χ2n) is 5.79. The van der Waals surface area contributed by atoms with Crippen molar-refractivity contribution >= 4 is 23.6 Å². The summed E-state index contributed by atoms with van der Waals surface area (Å²) in [7, 11) is 1.74. The lowest BCUT2D eigenvalue weighted by Gasteiger charge is -2.15. The molecule has 3 N–H and O–H groups in total. The molecule has 0 radical (unpaired) electrons. The van der Waals surface area contributed by atoms with E-state index < -0.39 is 0 Å². The number of rotatable bonds is 8. The average molecular weight is 351 g/mol. The Bertz CT molecular complexity index is 560. The molecule has 5 nitrogen and oxygen atoms in total. The van der Waals surface area contributed by atoms with Crippen LogP contribution in [-0.2, 0) is 11.3 Å². The number of hydrogen-bond donors (Lipinski definition) is 3. The van der Waals surface area contributed by atoms with Gasteiger partial charge in [0, 0.05) is 37.5 Å². The Balaban J connectivity index is 2.42. The van der Waals surface area contributed by atoms with Gasteiger partial charge < -0.3 is 16.0 Å². The van der Waals surface area contributed by atoms with Crippen molar-refractivity contribution in [2.45, 2.75) is 51.1 Å². The molecule has 1 atom stereocenters. The van der Waals surface area contributed by atoms with E-state index in [1.54, 1.807) is 18.8 Å². The van der Waals surface area contributed by atoms with E-state index in [1.165, 1.54) is 16.0 Å². The van der Waals surface area contributed by atoms with Gasteiger partial charge in [-0.15, -0.1) is 11.8 Å². The molecule has 1 rings (SSSR count). The van der Waals surface area contributed by atoms with Crippen LogP contribution in [0.15, 0.2) is 28.1 Å². The van der Waals surface area contributed by atoms with E-state index in [0.29, 0.717) is 25.5 Å². The van der Waals surface area contributed by atoms with Crippen LogP contribution in [0.3, 0.4) is 0 Å². The maximum atomic E-state index is 11.8. The average Bonchev–Trinajstić information content (AvgIpc) is 2.58. The monoisotopic (exact) mass is 350 g/mol. The summed E-state index contributed by atoms with van der Waals surface area (Å²) >= 11 is 1.75. The molecule has 1 unspecified atom stereocenters. The highest BCUT2D eigenvalue weighted by atomic mass is 32.2. The van der Waals surface area contributed by atoms with E-state index in [2.05, 4.69) is 59.2 Å². The topological polar surface area (TPSA) is 65.5 Å². The molecule has 1 aromatic carbocycles. The minimum absolute atomic E-state index is 0.0653. The first-order valence-corrected chi connectivity index (χ1v) is 9.60. The summed E-state index contributed by atoms with van der Waals surface area (Å²) in [4.78, 5) is 17.2. The molecule has 0 spiro atoms. The van der Waals surface area contributed by atoms with Crippen LogP contribution < -0.4 is 16.0 Å². The van der Waals surface area contributed by atoms with Gasteiger partial charge in [-0.2, -0.15) is 0 Å². The number of hydrogen-bond acceptors (Lipinski definition) is 3. The molecule has 0 aliphatic rings. The Labute approximate surface area is 150 Å². The van der Waals surface area contributed by atoms with Crippen LogP contribution in [0, 0.1) is 6.92 Å². The van der Waals surface area contributed by atoms with Crippen molar-refractivity contribution in [3.8, 4) is 0 Å². The Kier molecular flexibility index (Phi) is 9.30. The van der Waals surface area contributed by atoms with Gasteiger partial charge in [-0.1, -0.05) is 19.1 Å². The Hall–Kier alpha value is -1.69. The number of guanidine groups is 1. The SMILES string of the molecule is CCC(C)NC(=O)CCNC(=NC)NCc1ccc(C)cc1SC. The number of benzene rings is 1. The van der Waals surface area contributed by atoms with E-state index in [0.717, 1.165) is 6.42 Å². The van der Waals surface area contributed by atoms with E-state index in [-0.39, 0.29) is 11.9 Å². The Morgan fingerprint density at radius 2 is 2.08 bits per heavy atom. The summed E-state index contributed by atoms with van der Waals surface area (Å²) in [5, 5.41) is 9.44. The quantitative estimate of drug-likeness (QED) is 0.383. The van der Waals surface area contributed by atoms with Gasteiger partial charge in [-0.25, -0.2) is 0 Å². The predicted octanol–water partition coefficient (Wildman–Crippen LogP) is 2.69. The molecule has 0 aromatic heterocycles. The molecular formula is C18H30N4OS. The number of aryl methyl sites for hydroxylation is 1. The summed E-state index contributed by atoms with van der Waals surface area (Å²) in [6, 6.07) is 6.67. The molecule has 0 fully saturated rings. The maximum absolute atomic E-state index is 11.8. The second-order valence-corrected chi connectivity index (χ2v) is 6.64. The van der Waals surface area contributed by atoms with Crippen LogP contribution in [0.2, 0.25) is 0 Å². The molecule has 1 aromatic rings. The third-order valence-corrected chi connectivity index (χ3v) is 4.60. The van der Waals surface area contributed by atoms with Crippen LogP contribution in [0.25, 0.3) is 0 Å². The van der Waals surface area contributed by atoms with E-state index in [4.69, 9.17) is 0 Å². The van der Waals surface area contributed by atoms with Crippen molar-refractivity contribution in [1.29, 1.82) is 0 Å². The van der Waals surface area contributed by atoms with Crippen LogP contribution in [0.5, 0.6) is 0 Å². The zero-order valence-electron chi connectivity index (χ0n) is 15.4. The van der Waals surface area contributed by atoms with Crippen molar-refractivity contribution in [2.75, 3.05) is 19.8 Å². The van der Waals surface area contributed by atoms with Crippen molar-refractivity contribution in [2.24, 2.45) is 4.99 Å². The van der Waals surface area contributed by atoms with Crippen LogP contribution >= 0.6 is 11.8 Å². The first-order chi connectivity index (χ1) is 11.5. The largest absolute Gasteiger partial charge is 0.356 e. The highest BCUT2D eigenvalue weighted by Gasteiger charge is 2.07. The predicted molar refractivity (Wildman–Crippen MR) is 104 cm³/mol. The highest BCUT2D eigenvalue weighted by Crippen LogP contribution is 2.21. The third-order valence-electron chi connectivity index (χ3n) is 3.78. The van der Waals surface area contributed by atoms with Gasteiger partial charge in [0.25, 0.3) is 0 Å². The molecule has 24 heavy (non-hydrogen) atoms. The Morgan fingerprint density at radius 3 is 2.71 bits per heavy atom. The van der Waals surface area contributed by atoms with Gasteiger partial charge in [0.1, 0.15) is 0 Å². The molecule has 134 valence electrons. The van der Waals surface area contributed by atoms with Crippen molar-refractivity contribution in [3.63, 3.8) is 0 Å². The summed E-state index contributed by atoms with van der Waals surface area (Å²) < 4.78 is 0. The molecule has 0 bridgehead atoms. The minimum Gasteiger partial charge on any atom is -0.356 e. The molecule has 0 saturated heterocycles. The molecule has 0 heterocycles. The summed E-state index contributed by atoms with van der Waals surface area (Å²) in [6.45, 7) is 7.43. The summed E-state index contributed by atoms with van der Waals surface area (Å²) in [6.07, 6.45) is 3.46. The molecular weight excluding hydrogens is 320 g/mol. The number of carbonyl (C=O) groups is 1. The van der Waals surface area contributed by atoms with Crippen LogP contribution in [0.4, 0.5) is 0 Å². The standard InChI is InChI=1S/C18H30N4OS/c1-6-14(3)22-17(23)9-10-20-18(19-4)21-12-15-8-7-13(2)11-16(15)24-5/h7-8,11,14H,6,9-10,12H2,1-5H3,(H,22,23)(H2,19,20,21). The summed E-state index contributed by atoms with van der Waals surface area (Å²) in [5.41, 5.74) is 2.50. The number of nitrogens with one attached hydrogen (secondary N) is 3. The van der Waals surface area contributed by atoms with Crippen molar-refractivity contribution in [1.82, 2.24) is 16.0 Å². The number of amides is 1. The minimum atomic E-state index is 0.0653. The van der Waals surface area contributed by atoms with Gasteiger partial charge in [-0.05, 0) is 43.7 Å². The van der Waals surface area contributed by atoms with Crippen LogP contribution in [0.1, 0.15) is 37.8 Å². The number of carbonyl (C=O) groups excluding carboxylic acids is 1. The van der Waals surface area contributed by atoms with E-state index >= 15 is 0 Å². The first-order valence-electron chi connectivity index (χ1n) is 8.37. The second kappa shape index (κ2) is 11.0. The number of aliphatic imine (C=N–C) groups is 1. The fourth-order valence-corrected chi connectivity index (χ4v) is 2.85. The van der Waals surface area contributed by atoms with Gasteiger partial charge in [-0.3, -0.25) is 9.79 Å². The molecule has 0 saturated carbocycles. The van der Waals surface area contributed by atoms with Crippen molar-refractivity contribution in [3.05, 3.63) is 29.3 Å². The fourth-order valence-electron chi connectivity index (χ4n) is 2.14. The third kappa shape index (κ3) is 7.25. The maximum Gasteiger partial charge on any atom is 0.221 e. The van der Waals surface area contributed by atoms with Gasteiger partial charge in [0.2, 0.25) is 5.91 Å². The number of nitrogens with zero attached hydrogens (tertiary/aromatic N) is 1. The lowest BCUT2D eigenvalue weighted by Crippen LogP contribution is -2.40. The molecule has 1 amide bonds. The van der Waals surface area contributed by atoms with Gasteiger partial charge in [0.05, 0.1) is 0 Å². The highest BCUT2D eigenvalue weighted by molar-refractivity contribution is 7.98. The first kappa shape index (κ1) is 20.4. The molecule has 0 aliphatic heterocycles. The van der Waals surface area contributed by atoms with E-state index in [1.807, 2.05) is 6.92 Å². The van der Waals surface area contributed by atoms with Gasteiger partial charge in [0.15, 0.2) is 5.96 Å². The Morgan fingerprint density at radius 1 is 1.33 bits per heavy atom. The lowest BCUT2D eigenvalue weighted by molar-refractivity contribution is -0.121. The van der Waals surface area contributed by atoms with Crippen LogP contribution in [-0.4, -0.2) is 37.8 Å². The van der Waals surface area contributed by atoms with E-state index in [9.17, 15) is 4.79 Å². The zero-order valence-corrected chi connectivity index (χ0v) is 16.2. The normalized spacial score (nSPS) is 12.6. The molecule has 0 aliphatic carbocycles. The number of thioether (sulfide) groups is 1. The zero-order chi connectivity index (χ0) is 17.9. The van der Waals surface area contributed by atoms with Gasteiger partial charge >= 0.3 is 0 Å². The summed E-state index contributed by atoms with van der Waals surface area (Å²) in [5.74, 6) is 0.773. The fraction of sp³-hybridized carbons (Fsp3) is 0.556. The molecule has 6 heteroatoms.